The zero-order chi connectivity index (χ0) is 45.4. The van der Waals surface area contributed by atoms with E-state index >= 15 is 0 Å². The van der Waals surface area contributed by atoms with Gasteiger partial charge in [-0.15, -0.1) is 0 Å². The Labute approximate surface area is 466 Å². The molecule has 3 fully saturated rings. The summed E-state index contributed by atoms with van der Waals surface area (Å²) in [6.07, 6.45) is -7.48. The van der Waals surface area contributed by atoms with Crippen LogP contribution in [0.3, 0.4) is 0 Å². The van der Waals surface area contributed by atoms with Gasteiger partial charge in [0.2, 0.25) is 4.77 Å². The second kappa shape index (κ2) is 25.9. The van der Waals surface area contributed by atoms with E-state index in [0.29, 0.717) is 18.6 Å². The second-order valence-corrected chi connectivity index (χ2v) is 21.8. The molecule has 4 aliphatic heterocycles. The van der Waals surface area contributed by atoms with E-state index in [2.05, 4.69) is 13.8 Å². The first-order valence-electron chi connectivity index (χ1n) is 21.9. The molecule has 17 atom stereocenters. The summed E-state index contributed by atoms with van der Waals surface area (Å²) in [5.74, 6) is -3.25. The number of esters is 1. The van der Waals surface area contributed by atoms with Gasteiger partial charge in [-0.1, -0.05) is 82.4 Å². The number of oxime groups is 1. The molecule has 3 radical (unpaired) electrons. The van der Waals surface area contributed by atoms with Crippen LogP contribution < -0.4 is 0 Å². The van der Waals surface area contributed by atoms with E-state index in [4.69, 9.17) is 38.4 Å². The van der Waals surface area contributed by atoms with Crippen LogP contribution in [0.25, 0.3) is 0 Å². The predicted molar refractivity (Wildman–Crippen MR) is 235 cm³/mol. The fraction of sp³-hybridized carbons (Fsp3) is 0.822. The minimum absolute atomic E-state index is 0. The number of fused-ring (bicyclic) bond motifs is 1. The third-order valence-electron chi connectivity index (χ3n) is 13.7. The molecule has 0 spiro atoms. The molecule has 0 amide bonds. The minimum atomic E-state index is -1.89. The van der Waals surface area contributed by atoms with E-state index < -0.39 is 95.6 Å². The Morgan fingerprint density at radius 2 is 1.47 bits per heavy atom. The standard InChI is InChI=1S/C45H74N2O12S2.3Y/c1-15-32-45(11,52)37(49)25(4)34(46-59-42-60-30-18-16-17-19-31(30)61-42)23(2)21-43(8,9)39(58-41-35(48)29(47(12)13)20-24(3)54-41)26(5)36(27(6)40(51)56-32)57-33-22-44(10,53-14)38(50)28(7)55-33;;;/h16-19,23-29,32-33,35-39,41-42,48-50,52H,15,20-22H2,1-14H3;;;/b46-34+;;;/t23-,24?,25+,26+,27-,28?,29?,32-,33?,35?,36+,37-,38?,39-,41?,44?,45-;;;/m1.../s1. The number of hydrogen-bond acceptors (Lipinski definition) is 16. The Morgan fingerprint density at radius 1 is 0.875 bits per heavy atom. The molecule has 1 aromatic carbocycles. The van der Waals surface area contributed by atoms with Gasteiger partial charge in [-0.2, -0.15) is 0 Å². The molecule has 14 nitrogen and oxygen atoms in total. The molecule has 4 heterocycles. The molecule has 64 heavy (non-hydrogen) atoms. The summed E-state index contributed by atoms with van der Waals surface area (Å²) in [7, 11) is 5.38. The zero-order valence-corrected chi connectivity index (χ0v) is 50.5. The summed E-state index contributed by atoms with van der Waals surface area (Å²) in [6, 6.07) is 7.81. The van der Waals surface area contributed by atoms with Crippen LogP contribution in [-0.4, -0.2) is 142 Å². The second-order valence-electron chi connectivity index (χ2n) is 19.3. The summed E-state index contributed by atoms with van der Waals surface area (Å²) >= 11 is 3.11. The summed E-state index contributed by atoms with van der Waals surface area (Å²) < 4.78 is 38.2. The molecule has 3 saturated heterocycles. The number of nitrogens with zero attached hydrogens (tertiary/aromatic N) is 2. The van der Waals surface area contributed by atoms with Crippen molar-refractivity contribution in [2.24, 2.45) is 34.2 Å². The topological polar surface area (TPSA) is 178 Å². The molecule has 5 rings (SSSR count). The molecule has 19 heteroatoms. The molecular formula is C45H74N2O12S2Y3. The van der Waals surface area contributed by atoms with Gasteiger partial charge >= 0.3 is 5.97 Å². The maximum atomic E-state index is 14.5. The van der Waals surface area contributed by atoms with Gasteiger partial charge in [-0.25, -0.2) is 0 Å². The molecule has 0 bridgehead atoms. The largest absolute Gasteiger partial charge is 0.459 e. The number of aliphatic hydroxyl groups excluding tert-OH is 3. The van der Waals surface area contributed by atoms with E-state index in [0.717, 1.165) is 9.79 Å². The van der Waals surface area contributed by atoms with Crippen LogP contribution in [0.2, 0.25) is 0 Å². The summed E-state index contributed by atoms with van der Waals surface area (Å²) in [5, 5.41) is 51.9. The summed E-state index contributed by atoms with van der Waals surface area (Å²) in [6.45, 7) is 20.4. The average Bonchev–Trinajstić information content (AvgIpc) is 3.62. The van der Waals surface area contributed by atoms with Crippen LogP contribution in [0.4, 0.5) is 0 Å². The Bertz CT molecular complexity index is 1640. The molecule has 4 aliphatic rings. The number of thioether (sulfide) groups is 2. The molecule has 357 valence electrons. The third kappa shape index (κ3) is 14.3. The number of cyclic esters (lactones) is 1. The number of aliphatic hydroxyl groups is 4. The maximum Gasteiger partial charge on any atom is 0.311 e. The molecular weight excluding hydrogens is 1090 g/mol. The van der Waals surface area contributed by atoms with Gasteiger partial charge in [0.05, 0.1) is 47.8 Å². The normalized spacial score (nSPS) is 41.7. The number of likely N-dealkylation sites (N-methyl/N-ethyl adjacent to an activating group) is 1. The third-order valence-corrected chi connectivity index (χ3v) is 16.2. The first kappa shape index (κ1) is 61.9. The fourth-order valence-corrected chi connectivity index (χ4v) is 12.3. The van der Waals surface area contributed by atoms with Crippen molar-refractivity contribution < 1.29 is 157 Å². The van der Waals surface area contributed by atoms with Gasteiger partial charge in [0.1, 0.15) is 23.9 Å². The van der Waals surface area contributed by atoms with E-state index in [9.17, 15) is 25.2 Å². The molecule has 0 aromatic heterocycles. The van der Waals surface area contributed by atoms with Gasteiger partial charge < -0.3 is 58.6 Å². The molecule has 8 unspecified atom stereocenters. The molecule has 0 aliphatic carbocycles. The van der Waals surface area contributed by atoms with Crippen LogP contribution in [-0.2, 0) is 136 Å². The number of ether oxygens (including phenoxy) is 6. The Kier molecular flexibility index (Phi) is 25.1. The Balaban J connectivity index is 0.00000469. The van der Waals surface area contributed by atoms with Crippen molar-refractivity contribution in [3.63, 3.8) is 0 Å². The van der Waals surface area contributed by atoms with Crippen LogP contribution >= 0.6 is 23.5 Å². The van der Waals surface area contributed by atoms with Crippen molar-refractivity contribution in [1.29, 1.82) is 0 Å². The number of benzene rings is 1. The van der Waals surface area contributed by atoms with Crippen molar-refractivity contribution in [3.05, 3.63) is 24.3 Å². The number of hydrogen-bond donors (Lipinski definition) is 4. The predicted octanol–water partition coefficient (Wildman–Crippen LogP) is 6.04. The quantitative estimate of drug-likeness (QED) is 0.166. The van der Waals surface area contributed by atoms with Crippen molar-refractivity contribution in [3.8, 4) is 0 Å². The number of methoxy groups -OCH3 is 1. The first-order valence-corrected chi connectivity index (χ1v) is 23.7. The van der Waals surface area contributed by atoms with Crippen LogP contribution in [0, 0.1) is 29.1 Å². The summed E-state index contributed by atoms with van der Waals surface area (Å²) in [5.41, 5.74) is -3.12. The minimum Gasteiger partial charge on any atom is -0.459 e. The summed E-state index contributed by atoms with van der Waals surface area (Å²) in [4.78, 5) is 24.9. The van der Waals surface area contributed by atoms with Crippen molar-refractivity contribution in [2.45, 2.75) is 195 Å². The van der Waals surface area contributed by atoms with Gasteiger partial charge in [-0.3, -0.25) is 4.79 Å². The van der Waals surface area contributed by atoms with Crippen molar-refractivity contribution in [1.82, 2.24) is 4.90 Å². The van der Waals surface area contributed by atoms with Gasteiger partial charge in [0, 0.05) is 139 Å². The van der Waals surface area contributed by atoms with Gasteiger partial charge in [0.15, 0.2) is 12.6 Å². The van der Waals surface area contributed by atoms with E-state index in [1.807, 2.05) is 71.0 Å². The number of carbonyl (C=O) groups excluding carboxylic acids is 1. The SMILES string of the molecule is CC[C@H]1OC(=O)[C@H](C)[C@@H](OC2CC(C)(OC)C(O)C(C)O2)[C@H](C)[C@@H](OC2OC(C)CC(N(C)C)C2O)C(C)(C)C[C@@H](C)/C(=N\OC2Sc3ccccc3S2)[C@H](C)[C@@H](O)[C@]1(C)O.[Y].[Y].[Y]. The number of carbonyl (C=O) groups is 1. The Hall–Kier alpha value is 1.77. The van der Waals surface area contributed by atoms with Crippen molar-refractivity contribution >= 4 is 35.2 Å². The van der Waals surface area contributed by atoms with Crippen LogP contribution in [0.15, 0.2) is 39.2 Å². The number of rotatable bonds is 9. The van der Waals surface area contributed by atoms with Gasteiger partial charge in [0.25, 0.3) is 0 Å². The average molecular weight is 1170 g/mol. The van der Waals surface area contributed by atoms with E-state index in [1.54, 1.807) is 51.2 Å². The van der Waals surface area contributed by atoms with Crippen molar-refractivity contribution in [2.75, 3.05) is 21.2 Å². The smallest absolute Gasteiger partial charge is 0.311 e. The van der Waals surface area contributed by atoms with Gasteiger partial charge in [-0.05, 0) is 91.4 Å². The van der Waals surface area contributed by atoms with E-state index in [1.165, 1.54) is 14.0 Å². The monoisotopic (exact) mass is 1170 g/mol. The molecule has 4 N–H and O–H groups in total. The Morgan fingerprint density at radius 3 is 2.02 bits per heavy atom. The zero-order valence-electron chi connectivity index (χ0n) is 40.4. The van der Waals surface area contributed by atoms with Crippen LogP contribution in [0.5, 0.6) is 0 Å². The van der Waals surface area contributed by atoms with E-state index in [-0.39, 0.29) is 134 Å². The fourth-order valence-electron chi connectivity index (χ4n) is 9.97. The first-order chi connectivity index (χ1) is 28.4. The van der Waals surface area contributed by atoms with Crippen LogP contribution in [0.1, 0.15) is 102 Å². The maximum absolute atomic E-state index is 14.5. The molecule has 0 saturated carbocycles. The molecule has 1 aromatic rings.